The lowest BCUT2D eigenvalue weighted by atomic mass is 10.0. The van der Waals surface area contributed by atoms with Crippen LogP contribution in [0.2, 0.25) is 0 Å². The number of carbonyl (C=O) groups excluding carboxylic acids is 1. The maximum Gasteiger partial charge on any atom is 0.271 e. The van der Waals surface area contributed by atoms with Crippen LogP contribution in [0.25, 0.3) is 0 Å². The number of carbonyl (C=O) groups is 1. The smallest absolute Gasteiger partial charge is 0.267 e. The first-order valence-corrected chi connectivity index (χ1v) is 6.24. The lowest BCUT2D eigenvalue weighted by Crippen LogP contribution is -2.11. The highest BCUT2D eigenvalue weighted by Crippen LogP contribution is 2.18. The van der Waals surface area contributed by atoms with Crippen LogP contribution in [0, 0.1) is 6.92 Å². The summed E-state index contributed by atoms with van der Waals surface area (Å²) < 4.78 is 1.55. The van der Waals surface area contributed by atoms with Crippen molar-refractivity contribution in [1.82, 2.24) is 1.33 Å². The maximum absolute atomic E-state index is 11.7. The standard InChI is InChI=1S/C10H11I2NO/c1-3-8-4-5-9(7(2)6-8)10(14)13(11)12/h4-6H,3H2,1-2H3. The van der Waals surface area contributed by atoms with Crippen molar-refractivity contribution < 1.29 is 4.79 Å². The van der Waals surface area contributed by atoms with E-state index in [1.54, 1.807) is 1.33 Å². The molecule has 14 heavy (non-hydrogen) atoms. The number of nitrogens with zero attached hydrogens (tertiary/aromatic N) is 1. The summed E-state index contributed by atoms with van der Waals surface area (Å²) >= 11 is 3.95. The SMILES string of the molecule is CCc1ccc(C(=O)N(I)I)c(C)c1. The minimum atomic E-state index is 0.0475. The summed E-state index contributed by atoms with van der Waals surface area (Å²) in [5, 5.41) is 0. The van der Waals surface area contributed by atoms with Crippen LogP contribution in [0.1, 0.15) is 28.4 Å². The van der Waals surface area contributed by atoms with Gasteiger partial charge in [0.25, 0.3) is 5.91 Å². The molecule has 1 aromatic carbocycles. The van der Waals surface area contributed by atoms with Crippen LogP contribution in [0.15, 0.2) is 18.2 Å². The summed E-state index contributed by atoms with van der Waals surface area (Å²) in [5.74, 6) is 0.0475. The van der Waals surface area contributed by atoms with Gasteiger partial charge in [-0.15, -0.1) is 0 Å². The first-order chi connectivity index (χ1) is 6.56. The second kappa shape index (κ2) is 5.29. The second-order valence-electron chi connectivity index (χ2n) is 3.04. The van der Waals surface area contributed by atoms with E-state index in [1.807, 2.05) is 64.8 Å². The molecule has 0 heterocycles. The summed E-state index contributed by atoms with van der Waals surface area (Å²) in [6, 6.07) is 5.99. The fourth-order valence-electron chi connectivity index (χ4n) is 1.28. The lowest BCUT2D eigenvalue weighted by Gasteiger charge is -2.09. The van der Waals surface area contributed by atoms with Crippen LogP contribution in [0.3, 0.4) is 0 Å². The summed E-state index contributed by atoms with van der Waals surface area (Å²) in [7, 11) is 0. The molecule has 0 aliphatic rings. The summed E-state index contributed by atoms with van der Waals surface area (Å²) in [6.07, 6.45) is 1.01. The first-order valence-electron chi connectivity index (χ1n) is 4.31. The van der Waals surface area contributed by atoms with Gasteiger partial charge in [0.2, 0.25) is 0 Å². The van der Waals surface area contributed by atoms with Gasteiger partial charge >= 0.3 is 0 Å². The molecule has 0 fully saturated rings. The predicted molar refractivity (Wildman–Crippen MR) is 74.8 cm³/mol. The quantitative estimate of drug-likeness (QED) is 0.533. The van der Waals surface area contributed by atoms with Crippen LogP contribution in [0.5, 0.6) is 0 Å². The molecule has 0 radical (unpaired) electrons. The van der Waals surface area contributed by atoms with Gasteiger partial charge in [0.1, 0.15) is 0 Å². The van der Waals surface area contributed by atoms with E-state index >= 15 is 0 Å². The molecule has 0 saturated carbocycles. The highest BCUT2D eigenvalue weighted by Gasteiger charge is 2.12. The second-order valence-corrected chi connectivity index (χ2v) is 6.82. The fourth-order valence-corrected chi connectivity index (χ4v) is 1.80. The Morgan fingerprint density at radius 1 is 1.43 bits per heavy atom. The Labute approximate surface area is 112 Å². The van der Waals surface area contributed by atoms with E-state index in [2.05, 4.69) is 13.0 Å². The fraction of sp³-hybridized carbons (Fsp3) is 0.300. The normalized spacial score (nSPS) is 10.0. The van der Waals surface area contributed by atoms with Crippen LogP contribution in [-0.2, 0) is 6.42 Å². The van der Waals surface area contributed by atoms with Gasteiger partial charge in [-0.25, -0.2) is 1.33 Å². The highest BCUT2D eigenvalue weighted by atomic mass is 127. The predicted octanol–water partition coefficient (Wildman–Crippen LogP) is 3.70. The average molecular weight is 415 g/mol. The van der Waals surface area contributed by atoms with Crippen molar-refractivity contribution >= 4 is 51.6 Å². The lowest BCUT2D eigenvalue weighted by molar-refractivity contribution is 0.0952. The van der Waals surface area contributed by atoms with Gasteiger partial charge in [0.15, 0.2) is 0 Å². The average Bonchev–Trinajstić information content (AvgIpc) is 2.16. The number of benzene rings is 1. The van der Waals surface area contributed by atoms with Gasteiger partial charge in [0, 0.05) is 5.56 Å². The van der Waals surface area contributed by atoms with Gasteiger partial charge < -0.3 is 0 Å². The Balaban J connectivity index is 3.06. The largest absolute Gasteiger partial charge is 0.271 e. The molecule has 0 aromatic heterocycles. The summed E-state index contributed by atoms with van der Waals surface area (Å²) in [4.78, 5) is 11.7. The molecule has 0 saturated heterocycles. The molecule has 1 amide bonds. The molecule has 0 bridgehead atoms. The summed E-state index contributed by atoms with van der Waals surface area (Å²) in [6.45, 7) is 4.09. The van der Waals surface area contributed by atoms with Gasteiger partial charge in [-0.3, -0.25) is 4.79 Å². The number of halogens is 2. The zero-order valence-electron chi connectivity index (χ0n) is 8.05. The molecule has 4 heteroatoms. The maximum atomic E-state index is 11.7. The van der Waals surface area contributed by atoms with Crippen molar-refractivity contribution in [2.75, 3.05) is 0 Å². The van der Waals surface area contributed by atoms with Gasteiger partial charge in [0.05, 0.1) is 45.7 Å². The van der Waals surface area contributed by atoms with Crippen LogP contribution < -0.4 is 0 Å². The zero-order chi connectivity index (χ0) is 10.7. The third-order valence-electron chi connectivity index (χ3n) is 2.08. The zero-order valence-corrected chi connectivity index (χ0v) is 12.4. The minimum absolute atomic E-state index is 0.0475. The Morgan fingerprint density at radius 2 is 2.07 bits per heavy atom. The van der Waals surface area contributed by atoms with E-state index in [-0.39, 0.29) is 5.91 Å². The molecule has 1 rings (SSSR count). The Morgan fingerprint density at radius 3 is 2.50 bits per heavy atom. The molecular formula is C10H11I2NO. The van der Waals surface area contributed by atoms with E-state index in [1.165, 1.54) is 5.56 Å². The summed E-state index contributed by atoms with van der Waals surface area (Å²) in [5.41, 5.74) is 3.10. The molecule has 0 N–H and O–H groups in total. The van der Waals surface area contributed by atoms with E-state index in [0.717, 1.165) is 17.5 Å². The Bertz CT molecular complexity index is 350. The van der Waals surface area contributed by atoms with Crippen LogP contribution in [0.4, 0.5) is 0 Å². The van der Waals surface area contributed by atoms with E-state index in [0.29, 0.717) is 0 Å². The van der Waals surface area contributed by atoms with Crippen LogP contribution in [-0.4, -0.2) is 7.23 Å². The van der Waals surface area contributed by atoms with Gasteiger partial charge in [-0.05, 0) is 30.5 Å². The van der Waals surface area contributed by atoms with E-state index < -0.39 is 0 Å². The van der Waals surface area contributed by atoms with E-state index in [4.69, 9.17) is 0 Å². The van der Waals surface area contributed by atoms with Crippen molar-refractivity contribution in [2.24, 2.45) is 0 Å². The third-order valence-corrected chi connectivity index (χ3v) is 2.96. The third kappa shape index (κ3) is 2.82. The molecular weight excluding hydrogens is 404 g/mol. The van der Waals surface area contributed by atoms with Crippen molar-refractivity contribution in [2.45, 2.75) is 20.3 Å². The van der Waals surface area contributed by atoms with E-state index in [9.17, 15) is 4.79 Å². The molecule has 0 atom stereocenters. The van der Waals surface area contributed by atoms with Crippen molar-refractivity contribution in [1.29, 1.82) is 0 Å². The number of hydrogen-bond acceptors (Lipinski definition) is 1. The number of rotatable bonds is 2. The van der Waals surface area contributed by atoms with Gasteiger partial charge in [-0.2, -0.15) is 0 Å². The molecule has 76 valence electrons. The molecule has 1 aromatic rings. The number of amides is 1. The van der Waals surface area contributed by atoms with Crippen molar-refractivity contribution in [3.63, 3.8) is 0 Å². The Kier molecular flexibility index (Phi) is 4.62. The first kappa shape index (κ1) is 12.2. The molecule has 0 aliphatic heterocycles. The topological polar surface area (TPSA) is 20.3 Å². The highest BCUT2D eigenvalue weighted by molar-refractivity contribution is 14.2. The monoisotopic (exact) mass is 415 g/mol. The number of hydrogen-bond donors (Lipinski definition) is 0. The molecule has 0 spiro atoms. The molecule has 0 unspecified atom stereocenters. The van der Waals surface area contributed by atoms with Crippen molar-refractivity contribution in [3.8, 4) is 0 Å². The van der Waals surface area contributed by atoms with Gasteiger partial charge in [-0.1, -0.05) is 19.1 Å². The molecule has 0 aliphatic carbocycles. The number of aryl methyl sites for hydroxylation is 2. The Hall–Kier alpha value is 0.150. The van der Waals surface area contributed by atoms with Crippen LogP contribution >= 0.6 is 45.7 Å². The molecule has 2 nitrogen and oxygen atoms in total. The van der Waals surface area contributed by atoms with Crippen molar-refractivity contribution in [3.05, 3.63) is 34.9 Å². The minimum Gasteiger partial charge on any atom is -0.267 e.